The van der Waals surface area contributed by atoms with Crippen molar-refractivity contribution in [3.05, 3.63) is 0 Å². The molecule has 2 nitrogen and oxygen atoms in total. The molecule has 2 heteroatoms. The molecule has 1 N–H and O–H groups in total. The van der Waals surface area contributed by atoms with Gasteiger partial charge in [0, 0.05) is 19.0 Å². The Morgan fingerprint density at radius 3 is 3.08 bits per heavy atom. The van der Waals surface area contributed by atoms with E-state index in [1.165, 1.54) is 19.4 Å². The lowest BCUT2D eigenvalue weighted by molar-refractivity contribution is -0.0919. The Morgan fingerprint density at radius 2 is 2.33 bits per heavy atom. The van der Waals surface area contributed by atoms with Gasteiger partial charge in [-0.25, -0.2) is 0 Å². The van der Waals surface area contributed by atoms with Crippen LogP contribution in [0.2, 0.25) is 0 Å². The quantitative estimate of drug-likeness (QED) is 0.638. The lowest BCUT2D eigenvalue weighted by Crippen LogP contribution is -2.54. The number of rotatable bonds is 1. The largest absolute Gasteiger partial charge is 0.390 e. The van der Waals surface area contributed by atoms with Crippen molar-refractivity contribution in [1.82, 2.24) is 4.90 Å². The minimum Gasteiger partial charge on any atom is -0.390 e. The molecule has 0 aromatic heterocycles. The second kappa shape index (κ2) is 3.00. The lowest BCUT2D eigenvalue weighted by atomic mass is 9.75. The van der Waals surface area contributed by atoms with Crippen LogP contribution in [-0.2, 0) is 0 Å². The number of hydrogen-bond acceptors (Lipinski definition) is 2. The molecule has 0 saturated carbocycles. The van der Waals surface area contributed by atoms with Crippen molar-refractivity contribution in [2.45, 2.75) is 38.2 Å². The van der Waals surface area contributed by atoms with E-state index in [0.29, 0.717) is 5.92 Å². The zero-order valence-electron chi connectivity index (χ0n) is 7.92. The maximum atomic E-state index is 10.3. The van der Waals surface area contributed by atoms with Gasteiger partial charge in [0.15, 0.2) is 0 Å². The van der Waals surface area contributed by atoms with Crippen LogP contribution in [0.15, 0.2) is 0 Å². The molecule has 0 spiro atoms. The van der Waals surface area contributed by atoms with Crippen LogP contribution in [0, 0.1) is 5.92 Å². The first-order chi connectivity index (χ1) is 5.74. The van der Waals surface area contributed by atoms with Gasteiger partial charge in [-0.2, -0.15) is 0 Å². The summed E-state index contributed by atoms with van der Waals surface area (Å²) in [5, 5.41) is 10.3. The van der Waals surface area contributed by atoms with Crippen molar-refractivity contribution < 1.29 is 5.11 Å². The summed E-state index contributed by atoms with van der Waals surface area (Å²) in [5.41, 5.74) is -0.322. The standard InChI is InChI=1S/C10H19NO/c1-2-10(12)5-7-11-6-3-4-9(10)8-11/h9,12H,2-8H2,1H3. The molecule has 2 fully saturated rings. The normalized spacial score (nSPS) is 47.5. The van der Waals surface area contributed by atoms with E-state index >= 15 is 0 Å². The fourth-order valence-electron chi connectivity index (χ4n) is 2.72. The van der Waals surface area contributed by atoms with E-state index < -0.39 is 0 Å². The molecule has 2 rings (SSSR count). The van der Waals surface area contributed by atoms with E-state index in [1.807, 2.05) is 0 Å². The molecule has 0 radical (unpaired) electrons. The summed E-state index contributed by atoms with van der Waals surface area (Å²) in [6.45, 7) is 5.63. The Balaban J connectivity index is 2.08. The molecule has 70 valence electrons. The topological polar surface area (TPSA) is 23.5 Å². The minimum absolute atomic E-state index is 0.322. The molecule has 0 aliphatic carbocycles. The SMILES string of the molecule is CCC1(O)CCN2CCCC1C2. The molecular weight excluding hydrogens is 150 g/mol. The second-order valence-electron chi connectivity index (χ2n) is 4.35. The van der Waals surface area contributed by atoms with Gasteiger partial charge in [-0.15, -0.1) is 0 Å². The molecule has 2 aliphatic rings. The average Bonchev–Trinajstić information content (AvgIpc) is 2.13. The first kappa shape index (κ1) is 8.52. The summed E-state index contributed by atoms with van der Waals surface area (Å²) in [7, 11) is 0. The van der Waals surface area contributed by atoms with Gasteiger partial charge in [0.1, 0.15) is 0 Å². The van der Waals surface area contributed by atoms with Crippen molar-refractivity contribution in [1.29, 1.82) is 0 Å². The third-order valence-corrected chi connectivity index (χ3v) is 3.74. The van der Waals surface area contributed by atoms with Gasteiger partial charge in [0.2, 0.25) is 0 Å². The highest BCUT2D eigenvalue weighted by molar-refractivity contribution is 4.94. The molecule has 2 bridgehead atoms. The summed E-state index contributed by atoms with van der Waals surface area (Å²) in [6.07, 6.45) is 4.45. The van der Waals surface area contributed by atoms with E-state index in [-0.39, 0.29) is 5.60 Å². The first-order valence-electron chi connectivity index (χ1n) is 5.19. The van der Waals surface area contributed by atoms with Crippen LogP contribution in [-0.4, -0.2) is 35.2 Å². The van der Waals surface area contributed by atoms with Gasteiger partial charge >= 0.3 is 0 Å². The smallest absolute Gasteiger partial charge is 0.0697 e. The Morgan fingerprint density at radius 1 is 1.50 bits per heavy atom. The first-order valence-corrected chi connectivity index (χ1v) is 5.19. The Bertz CT molecular complexity index is 171. The summed E-state index contributed by atoms with van der Waals surface area (Å²) < 4.78 is 0. The van der Waals surface area contributed by atoms with Crippen LogP contribution in [0.1, 0.15) is 32.6 Å². The van der Waals surface area contributed by atoms with Crippen LogP contribution in [0.3, 0.4) is 0 Å². The Hall–Kier alpha value is -0.0800. The van der Waals surface area contributed by atoms with E-state index in [4.69, 9.17) is 0 Å². The molecule has 0 amide bonds. The number of nitrogens with zero attached hydrogens (tertiary/aromatic N) is 1. The van der Waals surface area contributed by atoms with E-state index in [1.54, 1.807) is 0 Å². The molecule has 2 aliphatic heterocycles. The maximum absolute atomic E-state index is 10.3. The van der Waals surface area contributed by atoms with Crippen LogP contribution in [0.5, 0.6) is 0 Å². The third-order valence-electron chi connectivity index (χ3n) is 3.74. The highest BCUT2D eigenvalue weighted by Crippen LogP contribution is 2.36. The van der Waals surface area contributed by atoms with Crippen molar-refractivity contribution >= 4 is 0 Å². The number of piperidine rings is 2. The van der Waals surface area contributed by atoms with Gasteiger partial charge in [-0.05, 0) is 32.2 Å². The Kier molecular flexibility index (Phi) is 2.13. The number of hydrogen-bond donors (Lipinski definition) is 1. The zero-order valence-corrected chi connectivity index (χ0v) is 7.92. The van der Waals surface area contributed by atoms with Crippen molar-refractivity contribution in [2.75, 3.05) is 19.6 Å². The molecule has 2 saturated heterocycles. The van der Waals surface area contributed by atoms with Crippen molar-refractivity contribution in [3.8, 4) is 0 Å². The predicted molar refractivity (Wildman–Crippen MR) is 49.0 cm³/mol. The zero-order chi connectivity index (χ0) is 8.60. The number of fused-ring (bicyclic) bond motifs is 2. The maximum Gasteiger partial charge on any atom is 0.0697 e. The summed E-state index contributed by atoms with van der Waals surface area (Å²) in [4.78, 5) is 2.50. The summed E-state index contributed by atoms with van der Waals surface area (Å²) >= 11 is 0. The van der Waals surface area contributed by atoms with Gasteiger partial charge in [-0.1, -0.05) is 6.92 Å². The summed E-state index contributed by atoms with van der Waals surface area (Å²) in [6, 6.07) is 0. The van der Waals surface area contributed by atoms with Gasteiger partial charge in [0.25, 0.3) is 0 Å². The Labute approximate surface area is 74.6 Å². The molecule has 0 aromatic carbocycles. The van der Waals surface area contributed by atoms with Gasteiger partial charge in [0.05, 0.1) is 5.60 Å². The number of aliphatic hydroxyl groups is 1. The molecule has 2 heterocycles. The molecule has 3 atom stereocenters. The molecular formula is C10H19NO. The van der Waals surface area contributed by atoms with E-state index in [9.17, 15) is 5.11 Å². The van der Waals surface area contributed by atoms with Gasteiger partial charge in [-0.3, -0.25) is 0 Å². The second-order valence-corrected chi connectivity index (χ2v) is 4.35. The fourth-order valence-corrected chi connectivity index (χ4v) is 2.72. The van der Waals surface area contributed by atoms with Crippen LogP contribution < -0.4 is 0 Å². The highest BCUT2D eigenvalue weighted by Gasteiger charge is 2.41. The van der Waals surface area contributed by atoms with Crippen molar-refractivity contribution in [2.24, 2.45) is 5.92 Å². The fraction of sp³-hybridized carbons (Fsp3) is 1.00. The summed E-state index contributed by atoms with van der Waals surface area (Å²) in [5.74, 6) is 0.560. The van der Waals surface area contributed by atoms with E-state index in [0.717, 1.165) is 25.9 Å². The molecule has 0 aromatic rings. The van der Waals surface area contributed by atoms with Gasteiger partial charge < -0.3 is 10.0 Å². The lowest BCUT2D eigenvalue weighted by Gasteiger charge is -2.47. The monoisotopic (exact) mass is 169 g/mol. The molecule has 12 heavy (non-hydrogen) atoms. The average molecular weight is 169 g/mol. The van der Waals surface area contributed by atoms with Crippen molar-refractivity contribution in [3.63, 3.8) is 0 Å². The van der Waals surface area contributed by atoms with E-state index in [2.05, 4.69) is 11.8 Å². The third kappa shape index (κ3) is 1.27. The van der Waals surface area contributed by atoms with Crippen LogP contribution in [0.4, 0.5) is 0 Å². The highest BCUT2D eigenvalue weighted by atomic mass is 16.3. The predicted octanol–water partition coefficient (Wildman–Crippen LogP) is 1.24. The van der Waals surface area contributed by atoms with Crippen LogP contribution in [0.25, 0.3) is 0 Å². The minimum atomic E-state index is -0.322. The molecule has 3 unspecified atom stereocenters. The van der Waals surface area contributed by atoms with Crippen LogP contribution >= 0.6 is 0 Å².